The number of thioether (sulfide) groups is 1. The van der Waals surface area contributed by atoms with Crippen molar-refractivity contribution >= 4 is 57.3 Å². The number of anilines is 1. The molecule has 3 heterocycles. The molecule has 12 heteroatoms. The summed E-state index contributed by atoms with van der Waals surface area (Å²) in [7, 11) is 2.49. The number of thiophene rings is 2. The van der Waals surface area contributed by atoms with Crippen molar-refractivity contribution in [2.75, 3.05) is 25.3 Å². The third-order valence-corrected chi connectivity index (χ3v) is 7.29. The Labute approximate surface area is 190 Å². The van der Waals surface area contributed by atoms with Crippen LogP contribution in [-0.2, 0) is 20.8 Å². The number of ether oxygens (including phenoxy) is 2. The van der Waals surface area contributed by atoms with E-state index in [9.17, 15) is 14.4 Å². The first-order chi connectivity index (χ1) is 14.9. The van der Waals surface area contributed by atoms with Crippen LogP contribution in [0.1, 0.15) is 32.5 Å². The largest absolute Gasteiger partial charge is 0.465 e. The van der Waals surface area contributed by atoms with Gasteiger partial charge in [0, 0.05) is 6.54 Å². The van der Waals surface area contributed by atoms with Crippen molar-refractivity contribution in [1.82, 2.24) is 14.8 Å². The molecule has 3 rings (SSSR count). The lowest BCUT2D eigenvalue weighted by Gasteiger charge is -2.07. The molecule has 0 aromatic carbocycles. The quantitative estimate of drug-likeness (QED) is 0.384. The van der Waals surface area contributed by atoms with Crippen LogP contribution in [0.15, 0.2) is 22.7 Å². The minimum absolute atomic E-state index is 0.0493. The van der Waals surface area contributed by atoms with Gasteiger partial charge in [0.2, 0.25) is 5.91 Å². The molecule has 0 saturated heterocycles. The summed E-state index contributed by atoms with van der Waals surface area (Å²) in [4.78, 5) is 38.0. The molecule has 3 aromatic heterocycles. The van der Waals surface area contributed by atoms with Gasteiger partial charge in [-0.2, -0.15) is 0 Å². The second-order valence-corrected chi connectivity index (χ2v) is 9.02. The lowest BCUT2D eigenvalue weighted by molar-refractivity contribution is -0.113. The van der Waals surface area contributed by atoms with Gasteiger partial charge < -0.3 is 19.4 Å². The van der Waals surface area contributed by atoms with Crippen molar-refractivity contribution in [3.63, 3.8) is 0 Å². The topological polar surface area (TPSA) is 112 Å². The highest BCUT2D eigenvalue weighted by Crippen LogP contribution is 2.34. The fourth-order valence-corrected chi connectivity index (χ4v) is 5.45. The normalized spacial score (nSPS) is 10.7. The average Bonchev–Trinajstić information content (AvgIpc) is 3.49. The molecule has 31 heavy (non-hydrogen) atoms. The summed E-state index contributed by atoms with van der Waals surface area (Å²) in [5, 5.41) is 14.0. The number of nitrogens with zero attached hydrogens (tertiary/aromatic N) is 3. The first-order valence-corrected chi connectivity index (χ1v) is 11.8. The number of aromatic nitrogens is 3. The predicted octanol–water partition coefficient (Wildman–Crippen LogP) is 3.70. The van der Waals surface area contributed by atoms with E-state index in [1.165, 1.54) is 26.0 Å². The second kappa shape index (κ2) is 10.1. The van der Waals surface area contributed by atoms with Crippen molar-refractivity contribution in [3.8, 4) is 10.7 Å². The molecule has 0 saturated carbocycles. The zero-order valence-electron chi connectivity index (χ0n) is 17.3. The van der Waals surface area contributed by atoms with Crippen molar-refractivity contribution in [1.29, 1.82) is 0 Å². The highest BCUT2D eigenvalue weighted by Gasteiger charge is 2.27. The monoisotopic (exact) mass is 480 g/mol. The summed E-state index contributed by atoms with van der Waals surface area (Å²) in [5.74, 6) is -0.771. The van der Waals surface area contributed by atoms with Gasteiger partial charge in [-0.05, 0) is 30.9 Å². The van der Waals surface area contributed by atoms with E-state index >= 15 is 0 Å². The molecular formula is C19H20N4O5S3. The molecule has 0 bridgehead atoms. The van der Waals surface area contributed by atoms with E-state index in [2.05, 4.69) is 15.5 Å². The zero-order valence-corrected chi connectivity index (χ0v) is 19.7. The fraction of sp³-hybridized carbons (Fsp3) is 0.316. The molecule has 1 amide bonds. The van der Waals surface area contributed by atoms with E-state index in [-0.39, 0.29) is 27.1 Å². The van der Waals surface area contributed by atoms with E-state index < -0.39 is 11.9 Å². The van der Waals surface area contributed by atoms with Gasteiger partial charge in [-0.25, -0.2) is 9.59 Å². The number of esters is 2. The smallest absolute Gasteiger partial charge is 0.348 e. The molecule has 0 radical (unpaired) electrons. The Morgan fingerprint density at radius 3 is 2.55 bits per heavy atom. The van der Waals surface area contributed by atoms with Crippen LogP contribution in [-0.4, -0.2) is 52.6 Å². The lowest BCUT2D eigenvalue weighted by atomic mass is 10.1. The van der Waals surface area contributed by atoms with Crippen LogP contribution in [0.5, 0.6) is 0 Å². The highest BCUT2D eigenvalue weighted by molar-refractivity contribution is 7.99. The van der Waals surface area contributed by atoms with Crippen LogP contribution >= 0.6 is 34.4 Å². The number of nitrogens with one attached hydrogen (secondary N) is 1. The van der Waals surface area contributed by atoms with Crippen LogP contribution in [0.25, 0.3) is 10.7 Å². The summed E-state index contributed by atoms with van der Waals surface area (Å²) in [6, 6.07) is 3.91. The number of methoxy groups -OCH3 is 2. The summed E-state index contributed by atoms with van der Waals surface area (Å²) >= 11 is 3.78. The number of hydrogen-bond donors (Lipinski definition) is 1. The van der Waals surface area contributed by atoms with Gasteiger partial charge in [0.15, 0.2) is 11.0 Å². The number of carbonyl (C=O) groups excluding carboxylic acids is 3. The number of rotatable bonds is 8. The van der Waals surface area contributed by atoms with E-state index in [1.54, 1.807) is 18.3 Å². The lowest BCUT2D eigenvalue weighted by Crippen LogP contribution is -2.16. The molecule has 164 valence electrons. The molecule has 0 atom stereocenters. The molecule has 0 aliphatic heterocycles. The Bertz CT molecular complexity index is 1100. The molecule has 9 nitrogen and oxygen atoms in total. The number of carbonyl (C=O) groups is 3. The maximum Gasteiger partial charge on any atom is 0.348 e. The van der Waals surface area contributed by atoms with Gasteiger partial charge in [-0.1, -0.05) is 17.8 Å². The van der Waals surface area contributed by atoms with Crippen molar-refractivity contribution in [2.24, 2.45) is 0 Å². The molecular weight excluding hydrogens is 460 g/mol. The van der Waals surface area contributed by atoms with Crippen molar-refractivity contribution in [3.05, 3.63) is 33.5 Å². The fourth-order valence-electron chi connectivity index (χ4n) is 2.80. The number of amides is 1. The predicted molar refractivity (Wildman–Crippen MR) is 120 cm³/mol. The zero-order chi connectivity index (χ0) is 22.5. The molecule has 1 N–H and O–H groups in total. The Hall–Kier alpha value is -2.70. The first-order valence-electron chi connectivity index (χ1n) is 9.10. The van der Waals surface area contributed by atoms with Crippen LogP contribution < -0.4 is 5.32 Å². The van der Waals surface area contributed by atoms with Gasteiger partial charge >= 0.3 is 11.9 Å². The minimum atomic E-state index is -0.641. The van der Waals surface area contributed by atoms with Crippen molar-refractivity contribution < 1.29 is 23.9 Å². The molecule has 0 spiro atoms. The van der Waals surface area contributed by atoms with E-state index in [0.717, 1.165) is 22.0 Å². The third-order valence-electron chi connectivity index (χ3n) is 4.27. The van der Waals surface area contributed by atoms with E-state index in [0.29, 0.717) is 17.3 Å². The van der Waals surface area contributed by atoms with Crippen LogP contribution in [0.3, 0.4) is 0 Å². The second-order valence-electron chi connectivity index (χ2n) is 6.11. The first kappa shape index (κ1) is 23.0. The molecule has 0 fully saturated rings. The summed E-state index contributed by atoms with van der Waals surface area (Å²) in [6.07, 6.45) is 0. The third kappa shape index (κ3) is 4.81. The van der Waals surface area contributed by atoms with Gasteiger partial charge in [-0.3, -0.25) is 4.79 Å². The Kier molecular flexibility index (Phi) is 7.46. The molecule has 3 aromatic rings. The highest BCUT2D eigenvalue weighted by atomic mass is 32.2. The van der Waals surface area contributed by atoms with Crippen LogP contribution in [0, 0.1) is 6.92 Å². The summed E-state index contributed by atoms with van der Waals surface area (Å²) < 4.78 is 11.5. The van der Waals surface area contributed by atoms with Crippen LogP contribution in [0.4, 0.5) is 5.00 Å². The van der Waals surface area contributed by atoms with Gasteiger partial charge in [0.25, 0.3) is 0 Å². The Morgan fingerprint density at radius 1 is 1.19 bits per heavy atom. The SMILES string of the molecule is CCn1c(SCC(=O)Nc2sc(C(=O)OC)c(C)c2C(=O)OC)nnc1-c1cccs1. The van der Waals surface area contributed by atoms with Crippen LogP contribution in [0.2, 0.25) is 0 Å². The van der Waals surface area contributed by atoms with Gasteiger partial charge in [0.1, 0.15) is 9.88 Å². The number of hydrogen-bond acceptors (Lipinski definition) is 10. The van der Waals surface area contributed by atoms with E-state index in [1.807, 2.05) is 29.0 Å². The maximum absolute atomic E-state index is 12.6. The standard InChI is InChI=1S/C19H20N4O5S3/c1-5-23-15(11-7-6-8-29-11)21-22-19(23)30-9-12(24)20-16-13(17(25)27-3)10(2)14(31-16)18(26)28-4/h6-8H,5,9H2,1-4H3,(H,20,24). The van der Waals surface area contributed by atoms with E-state index in [4.69, 9.17) is 9.47 Å². The molecule has 0 aliphatic rings. The summed E-state index contributed by atoms with van der Waals surface area (Å²) in [6.45, 7) is 4.24. The molecule has 0 aliphatic carbocycles. The minimum Gasteiger partial charge on any atom is -0.465 e. The van der Waals surface area contributed by atoms with Gasteiger partial charge in [0.05, 0.1) is 30.4 Å². The Balaban J connectivity index is 1.76. The molecule has 0 unspecified atom stereocenters. The van der Waals surface area contributed by atoms with Crippen molar-refractivity contribution in [2.45, 2.75) is 25.5 Å². The average molecular weight is 481 g/mol. The maximum atomic E-state index is 12.6. The van der Waals surface area contributed by atoms with Gasteiger partial charge in [-0.15, -0.1) is 32.9 Å². The Morgan fingerprint density at radius 2 is 1.94 bits per heavy atom. The summed E-state index contributed by atoms with van der Waals surface area (Å²) in [5.41, 5.74) is 0.543.